The Morgan fingerprint density at radius 1 is 1.37 bits per heavy atom. The van der Waals surface area contributed by atoms with Crippen molar-refractivity contribution in [2.45, 2.75) is 19.8 Å². The maximum absolute atomic E-state index is 12.0. The minimum Gasteiger partial charge on any atom is -0.492 e. The Kier molecular flexibility index (Phi) is 5.21. The third kappa shape index (κ3) is 3.96. The van der Waals surface area contributed by atoms with Gasteiger partial charge < -0.3 is 15.4 Å². The second-order valence-electron chi connectivity index (χ2n) is 4.82. The van der Waals surface area contributed by atoms with Crippen molar-refractivity contribution in [3.05, 3.63) is 29.8 Å². The van der Waals surface area contributed by atoms with Gasteiger partial charge in [0.05, 0.1) is 5.92 Å². The van der Waals surface area contributed by atoms with Crippen molar-refractivity contribution in [1.29, 1.82) is 0 Å². The molecule has 1 aromatic carbocycles. The molecule has 1 aliphatic heterocycles. The fourth-order valence-corrected chi connectivity index (χ4v) is 2.24. The van der Waals surface area contributed by atoms with Crippen LogP contribution in [0.5, 0.6) is 5.75 Å². The van der Waals surface area contributed by atoms with E-state index in [0.717, 1.165) is 43.8 Å². The maximum atomic E-state index is 12.0. The Hall–Kier alpha value is -1.55. The molecule has 4 heteroatoms. The summed E-state index contributed by atoms with van der Waals surface area (Å²) in [5, 5.41) is 6.22. The van der Waals surface area contributed by atoms with E-state index in [0.29, 0.717) is 6.61 Å². The van der Waals surface area contributed by atoms with Crippen LogP contribution in [0.25, 0.3) is 0 Å². The maximum Gasteiger partial charge on any atom is 0.226 e. The number of fused-ring (bicyclic) bond motifs is 1. The van der Waals surface area contributed by atoms with Crippen LogP contribution >= 0.6 is 0 Å². The second-order valence-corrected chi connectivity index (χ2v) is 4.82. The first kappa shape index (κ1) is 13.9. The molecule has 4 nitrogen and oxygen atoms in total. The molecule has 1 amide bonds. The SMILES string of the molecule is CCNCCCNC(=O)C1COc2ccccc2C1. The predicted molar refractivity (Wildman–Crippen MR) is 75.3 cm³/mol. The molecule has 0 saturated carbocycles. The molecule has 2 N–H and O–H groups in total. The molecule has 1 aromatic rings. The number of rotatable bonds is 6. The summed E-state index contributed by atoms with van der Waals surface area (Å²) in [6.07, 6.45) is 1.74. The van der Waals surface area contributed by atoms with Gasteiger partial charge in [0.2, 0.25) is 5.91 Å². The molecule has 0 radical (unpaired) electrons. The van der Waals surface area contributed by atoms with Gasteiger partial charge in [-0.2, -0.15) is 0 Å². The molecular formula is C15H22N2O2. The summed E-state index contributed by atoms with van der Waals surface area (Å²) in [7, 11) is 0. The first-order valence-corrected chi connectivity index (χ1v) is 7.00. The van der Waals surface area contributed by atoms with E-state index in [4.69, 9.17) is 4.74 Å². The highest BCUT2D eigenvalue weighted by Crippen LogP contribution is 2.26. The van der Waals surface area contributed by atoms with E-state index in [2.05, 4.69) is 17.6 Å². The number of carbonyl (C=O) groups excluding carboxylic acids is 1. The van der Waals surface area contributed by atoms with Crippen LogP contribution in [0.2, 0.25) is 0 Å². The van der Waals surface area contributed by atoms with E-state index in [1.807, 2.05) is 24.3 Å². The predicted octanol–water partition coefficient (Wildman–Crippen LogP) is 1.35. The highest BCUT2D eigenvalue weighted by atomic mass is 16.5. The molecule has 1 atom stereocenters. The van der Waals surface area contributed by atoms with Crippen LogP contribution in [-0.4, -0.2) is 32.1 Å². The summed E-state index contributed by atoms with van der Waals surface area (Å²) in [4.78, 5) is 12.0. The van der Waals surface area contributed by atoms with Crippen molar-refractivity contribution >= 4 is 5.91 Å². The van der Waals surface area contributed by atoms with E-state index in [-0.39, 0.29) is 11.8 Å². The molecule has 0 aliphatic carbocycles. The van der Waals surface area contributed by atoms with Crippen LogP contribution in [0.4, 0.5) is 0 Å². The van der Waals surface area contributed by atoms with Gasteiger partial charge >= 0.3 is 0 Å². The van der Waals surface area contributed by atoms with Crippen LogP contribution in [0.15, 0.2) is 24.3 Å². The lowest BCUT2D eigenvalue weighted by molar-refractivity contribution is -0.126. The van der Waals surface area contributed by atoms with Crippen molar-refractivity contribution in [2.24, 2.45) is 5.92 Å². The van der Waals surface area contributed by atoms with Gasteiger partial charge in [-0.05, 0) is 37.6 Å². The van der Waals surface area contributed by atoms with Crippen molar-refractivity contribution in [3.8, 4) is 5.75 Å². The molecule has 0 aromatic heterocycles. The standard InChI is InChI=1S/C15H22N2O2/c1-2-16-8-5-9-17-15(18)13-10-12-6-3-4-7-14(12)19-11-13/h3-4,6-7,13,16H,2,5,8-11H2,1H3,(H,17,18). The number of hydrogen-bond acceptors (Lipinski definition) is 3. The minimum absolute atomic E-state index is 0.0611. The van der Waals surface area contributed by atoms with Crippen molar-refractivity contribution in [1.82, 2.24) is 10.6 Å². The van der Waals surface area contributed by atoms with Gasteiger partial charge in [0.15, 0.2) is 0 Å². The van der Waals surface area contributed by atoms with Gasteiger partial charge in [0.25, 0.3) is 0 Å². The van der Waals surface area contributed by atoms with Crippen LogP contribution in [0, 0.1) is 5.92 Å². The third-order valence-electron chi connectivity index (χ3n) is 3.33. The van der Waals surface area contributed by atoms with Gasteiger partial charge in [-0.25, -0.2) is 0 Å². The second kappa shape index (κ2) is 7.14. The quantitative estimate of drug-likeness (QED) is 0.761. The Bertz CT molecular complexity index is 420. The summed E-state index contributed by atoms with van der Waals surface area (Å²) in [6, 6.07) is 7.93. The summed E-state index contributed by atoms with van der Waals surface area (Å²) < 4.78 is 5.63. The molecule has 104 valence electrons. The molecule has 19 heavy (non-hydrogen) atoms. The molecule has 0 fully saturated rings. The number of amides is 1. The first-order valence-electron chi connectivity index (χ1n) is 7.00. The summed E-state index contributed by atoms with van der Waals surface area (Å²) in [6.45, 7) is 5.21. The molecule has 1 heterocycles. The lowest BCUT2D eigenvalue weighted by Crippen LogP contribution is -2.38. The lowest BCUT2D eigenvalue weighted by Gasteiger charge is -2.24. The summed E-state index contributed by atoms with van der Waals surface area (Å²) in [5.74, 6) is 0.957. The fraction of sp³-hybridized carbons (Fsp3) is 0.533. The fourth-order valence-electron chi connectivity index (χ4n) is 2.24. The van der Waals surface area contributed by atoms with E-state index in [9.17, 15) is 4.79 Å². The summed E-state index contributed by atoms with van der Waals surface area (Å²) >= 11 is 0. The molecule has 2 rings (SSSR count). The first-order chi connectivity index (χ1) is 9.31. The van der Waals surface area contributed by atoms with E-state index in [1.54, 1.807) is 0 Å². The zero-order chi connectivity index (χ0) is 13.5. The molecule has 1 aliphatic rings. The van der Waals surface area contributed by atoms with Crippen LogP contribution in [0.3, 0.4) is 0 Å². The smallest absolute Gasteiger partial charge is 0.226 e. The largest absolute Gasteiger partial charge is 0.492 e. The lowest BCUT2D eigenvalue weighted by atomic mass is 9.96. The Morgan fingerprint density at radius 2 is 2.21 bits per heavy atom. The van der Waals surface area contributed by atoms with Crippen LogP contribution in [-0.2, 0) is 11.2 Å². The number of benzene rings is 1. The number of nitrogens with one attached hydrogen (secondary N) is 2. The van der Waals surface area contributed by atoms with Gasteiger partial charge in [-0.15, -0.1) is 0 Å². The van der Waals surface area contributed by atoms with Gasteiger partial charge in [0.1, 0.15) is 12.4 Å². The van der Waals surface area contributed by atoms with Crippen LogP contribution < -0.4 is 15.4 Å². The van der Waals surface area contributed by atoms with Crippen molar-refractivity contribution < 1.29 is 9.53 Å². The average molecular weight is 262 g/mol. The Balaban J connectivity index is 1.76. The van der Waals surface area contributed by atoms with Gasteiger partial charge in [-0.3, -0.25) is 4.79 Å². The Labute approximate surface area is 114 Å². The number of carbonyl (C=O) groups is 1. The van der Waals surface area contributed by atoms with E-state index >= 15 is 0 Å². The topological polar surface area (TPSA) is 50.4 Å². The van der Waals surface area contributed by atoms with Crippen LogP contribution in [0.1, 0.15) is 18.9 Å². The minimum atomic E-state index is -0.0611. The zero-order valence-electron chi connectivity index (χ0n) is 11.4. The van der Waals surface area contributed by atoms with Gasteiger partial charge in [0, 0.05) is 6.54 Å². The number of ether oxygens (including phenoxy) is 1. The highest BCUT2D eigenvalue weighted by Gasteiger charge is 2.25. The average Bonchev–Trinajstić information content (AvgIpc) is 2.46. The van der Waals surface area contributed by atoms with Gasteiger partial charge in [-0.1, -0.05) is 25.1 Å². The Morgan fingerprint density at radius 3 is 3.05 bits per heavy atom. The molecular weight excluding hydrogens is 240 g/mol. The zero-order valence-corrected chi connectivity index (χ0v) is 11.4. The highest BCUT2D eigenvalue weighted by molar-refractivity contribution is 5.79. The normalized spacial score (nSPS) is 17.4. The number of para-hydroxylation sites is 1. The molecule has 0 bridgehead atoms. The van der Waals surface area contributed by atoms with Crippen molar-refractivity contribution in [3.63, 3.8) is 0 Å². The number of hydrogen-bond donors (Lipinski definition) is 2. The van der Waals surface area contributed by atoms with Crippen molar-refractivity contribution in [2.75, 3.05) is 26.2 Å². The third-order valence-corrected chi connectivity index (χ3v) is 3.33. The molecule has 1 unspecified atom stereocenters. The summed E-state index contributed by atoms with van der Waals surface area (Å²) in [5.41, 5.74) is 1.13. The van der Waals surface area contributed by atoms with E-state index in [1.165, 1.54) is 0 Å². The molecule has 0 saturated heterocycles. The monoisotopic (exact) mass is 262 g/mol. The molecule has 0 spiro atoms. The van der Waals surface area contributed by atoms with E-state index < -0.39 is 0 Å².